The van der Waals surface area contributed by atoms with Gasteiger partial charge in [0.05, 0.1) is 0 Å². The number of amides is 2. The van der Waals surface area contributed by atoms with Gasteiger partial charge in [0.1, 0.15) is 6.54 Å². The monoisotopic (exact) mass is 253 g/mol. The summed E-state index contributed by atoms with van der Waals surface area (Å²) in [5.74, 6) is 0.167. The first kappa shape index (κ1) is 14.1. The quantitative estimate of drug-likeness (QED) is 0.779. The van der Waals surface area contributed by atoms with Crippen LogP contribution in [0, 0.1) is 5.92 Å². The van der Waals surface area contributed by atoms with Crippen LogP contribution in [0.5, 0.6) is 0 Å². The third-order valence-corrected chi connectivity index (χ3v) is 3.04. The van der Waals surface area contributed by atoms with E-state index in [1.807, 2.05) is 12.2 Å². The molecule has 1 heterocycles. The van der Waals surface area contributed by atoms with Crippen molar-refractivity contribution in [3.63, 3.8) is 0 Å². The molecule has 0 spiro atoms. The first-order valence-electron chi connectivity index (χ1n) is 5.68. The highest BCUT2D eigenvalue weighted by Crippen LogP contribution is 2.19. The Hall–Kier alpha value is -0.980. The molecule has 7 heteroatoms. The highest BCUT2D eigenvalue weighted by molar-refractivity contribution is 5.74. The molecule has 1 rings (SSSR count). The molecule has 1 aliphatic heterocycles. The topological polar surface area (TPSA) is 58.4 Å². The van der Waals surface area contributed by atoms with E-state index < -0.39 is 18.8 Å². The van der Waals surface area contributed by atoms with E-state index in [4.69, 9.17) is 5.73 Å². The fraction of sp³-hybridized carbons (Fsp3) is 0.900. The second-order valence-electron chi connectivity index (χ2n) is 4.34. The molecule has 1 saturated heterocycles. The average Bonchev–Trinajstić information content (AvgIpc) is 2.25. The number of rotatable bonds is 2. The Balaban J connectivity index is 2.42. The van der Waals surface area contributed by atoms with Crippen LogP contribution >= 0.6 is 0 Å². The van der Waals surface area contributed by atoms with E-state index in [-0.39, 0.29) is 12.0 Å². The van der Waals surface area contributed by atoms with E-state index >= 15 is 0 Å². The van der Waals surface area contributed by atoms with Crippen molar-refractivity contribution in [3.8, 4) is 0 Å². The van der Waals surface area contributed by atoms with Crippen LogP contribution in [0.15, 0.2) is 0 Å². The van der Waals surface area contributed by atoms with Crippen molar-refractivity contribution in [3.05, 3.63) is 0 Å². The minimum Gasteiger partial charge on any atom is -0.329 e. The molecule has 0 radical (unpaired) electrons. The summed E-state index contributed by atoms with van der Waals surface area (Å²) in [6.45, 7) is 1.52. The van der Waals surface area contributed by atoms with Crippen LogP contribution < -0.4 is 11.1 Å². The number of nitrogens with zero attached hydrogens (tertiary/aromatic N) is 1. The molecule has 17 heavy (non-hydrogen) atoms. The smallest absolute Gasteiger partial charge is 0.329 e. The maximum atomic E-state index is 11.9. The SMILES string of the molecule is CCC1CN(C(=O)NCC(F)(F)F)CCC1N. The van der Waals surface area contributed by atoms with Gasteiger partial charge in [0, 0.05) is 19.1 Å². The standard InChI is InChI=1S/C10H18F3N3O/c1-2-7-5-16(4-3-8(7)14)9(17)15-6-10(11,12)13/h7-8H,2-6,14H2,1H3,(H,15,17). The molecule has 0 bridgehead atoms. The number of nitrogens with one attached hydrogen (secondary N) is 1. The number of alkyl halides is 3. The summed E-state index contributed by atoms with van der Waals surface area (Å²) in [5.41, 5.74) is 5.86. The Morgan fingerprint density at radius 3 is 2.71 bits per heavy atom. The Bertz CT molecular complexity index is 270. The summed E-state index contributed by atoms with van der Waals surface area (Å²) in [4.78, 5) is 12.9. The van der Waals surface area contributed by atoms with E-state index in [1.54, 1.807) is 0 Å². The van der Waals surface area contributed by atoms with Gasteiger partial charge in [0.2, 0.25) is 0 Å². The predicted octanol–water partition coefficient (Wildman–Crippen LogP) is 1.32. The first-order valence-corrected chi connectivity index (χ1v) is 5.68. The summed E-state index contributed by atoms with van der Waals surface area (Å²) in [6.07, 6.45) is -2.91. The van der Waals surface area contributed by atoms with Gasteiger partial charge in [-0.3, -0.25) is 0 Å². The van der Waals surface area contributed by atoms with Crippen molar-refractivity contribution in [2.45, 2.75) is 32.0 Å². The fourth-order valence-electron chi connectivity index (χ4n) is 1.95. The van der Waals surface area contributed by atoms with Gasteiger partial charge in [-0.2, -0.15) is 13.2 Å². The molecular weight excluding hydrogens is 235 g/mol. The van der Waals surface area contributed by atoms with Crippen molar-refractivity contribution in [1.82, 2.24) is 10.2 Å². The number of carbonyl (C=O) groups excluding carboxylic acids is 1. The Labute approximate surface area is 98.3 Å². The van der Waals surface area contributed by atoms with Crippen LogP contribution in [0.2, 0.25) is 0 Å². The molecule has 4 nitrogen and oxygen atoms in total. The molecule has 0 aromatic heterocycles. The minimum atomic E-state index is -4.37. The number of halogens is 3. The van der Waals surface area contributed by atoms with Crippen LogP contribution in [-0.4, -0.2) is 42.8 Å². The van der Waals surface area contributed by atoms with Crippen LogP contribution in [0.25, 0.3) is 0 Å². The molecule has 3 N–H and O–H groups in total. The zero-order valence-corrected chi connectivity index (χ0v) is 9.76. The molecule has 1 aliphatic rings. The van der Waals surface area contributed by atoms with Gasteiger partial charge in [-0.1, -0.05) is 13.3 Å². The van der Waals surface area contributed by atoms with Gasteiger partial charge < -0.3 is 16.0 Å². The van der Waals surface area contributed by atoms with Gasteiger partial charge in [-0.15, -0.1) is 0 Å². The van der Waals surface area contributed by atoms with E-state index in [1.165, 1.54) is 4.90 Å². The zero-order valence-electron chi connectivity index (χ0n) is 9.76. The summed E-state index contributed by atoms with van der Waals surface area (Å²) in [5, 5.41) is 1.87. The Kier molecular flexibility index (Phi) is 4.62. The van der Waals surface area contributed by atoms with Crippen molar-refractivity contribution in [2.24, 2.45) is 11.7 Å². The molecule has 0 aromatic rings. The lowest BCUT2D eigenvalue weighted by molar-refractivity contribution is -0.123. The van der Waals surface area contributed by atoms with Crippen molar-refractivity contribution in [2.75, 3.05) is 19.6 Å². The predicted molar refractivity (Wildman–Crippen MR) is 57.4 cm³/mol. The second-order valence-corrected chi connectivity index (χ2v) is 4.34. The van der Waals surface area contributed by atoms with Gasteiger partial charge in [0.25, 0.3) is 0 Å². The third-order valence-electron chi connectivity index (χ3n) is 3.04. The van der Waals surface area contributed by atoms with Crippen LogP contribution in [0.4, 0.5) is 18.0 Å². The van der Waals surface area contributed by atoms with Crippen LogP contribution in [0.3, 0.4) is 0 Å². The highest BCUT2D eigenvalue weighted by atomic mass is 19.4. The van der Waals surface area contributed by atoms with Crippen molar-refractivity contribution >= 4 is 6.03 Å². The summed E-state index contributed by atoms with van der Waals surface area (Å²) >= 11 is 0. The number of nitrogens with two attached hydrogens (primary N) is 1. The van der Waals surface area contributed by atoms with Crippen LogP contribution in [0.1, 0.15) is 19.8 Å². The molecule has 0 aliphatic carbocycles. The molecule has 1 fully saturated rings. The number of hydrogen-bond acceptors (Lipinski definition) is 2. The number of carbonyl (C=O) groups is 1. The first-order chi connectivity index (χ1) is 7.83. The lowest BCUT2D eigenvalue weighted by atomic mass is 9.91. The van der Waals surface area contributed by atoms with E-state index in [0.717, 1.165) is 6.42 Å². The second kappa shape index (κ2) is 5.57. The summed E-state index contributed by atoms with van der Waals surface area (Å²) < 4.78 is 35.8. The lowest BCUT2D eigenvalue weighted by Crippen LogP contribution is -2.52. The van der Waals surface area contributed by atoms with E-state index in [2.05, 4.69) is 0 Å². The van der Waals surface area contributed by atoms with Crippen LogP contribution in [-0.2, 0) is 0 Å². The van der Waals surface area contributed by atoms with Gasteiger partial charge >= 0.3 is 12.2 Å². The number of piperidine rings is 1. The van der Waals surface area contributed by atoms with Gasteiger partial charge in [-0.05, 0) is 12.3 Å². The number of hydrogen-bond donors (Lipinski definition) is 2. The maximum absolute atomic E-state index is 11.9. The van der Waals surface area contributed by atoms with Crippen molar-refractivity contribution < 1.29 is 18.0 Å². The fourth-order valence-corrected chi connectivity index (χ4v) is 1.95. The van der Waals surface area contributed by atoms with E-state index in [9.17, 15) is 18.0 Å². The molecule has 2 amide bonds. The average molecular weight is 253 g/mol. The highest BCUT2D eigenvalue weighted by Gasteiger charge is 2.31. The van der Waals surface area contributed by atoms with E-state index in [0.29, 0.717) is 19.5 Å². The van der Waals surface area contributed by atoms with Gasteiger partial charge in [0.15, 0.2) is 0 Å². The molecule has 100 valence electrons. The minimum absolute atomic E-state index is 0.0340. The summed E-state index contributed by atoms with van der Waals surface area (Å²) in [7, 11) is 0. The van der Waals surface area contributed by atoms with Crippen molar-refractivity contribution in [1.29, 1.82) is 0 Å². The lowest BCUT2D eigenvalue weighted by Gasteiger charge is -2.36. The molecule has 2 atom stereocenters. The largest absolute Gasteiger partial charge is 0.405 e. The molecule has 0 aromatic carbocycles. The normalized spacial score (nSPS) is 25.8. The Morgan fingerprint density at radius 1 is 1.53 bits per heavy atom. The third kappa shape index (κ3) is 4.41. The zero-order chi connectivity index (χ0) is 13.1. The number of likely N-dealkylation sites (tertiary alicyclic amines) is 1. The summed E-state index contributed by atoms with van der Waals surface area (Å²) in [6, 6.07) is -0.626. The van der Waals surface area contributed by atoms with Gasteiger partial charge in [-0.25, -0.2) is 4.79 Å². The molecule has 0 saturated carbocycles. The molecule has 2 unspecified atom stereocenters. The Morgan fingerprint density at radius 2 is 2.18 bits per heavy atom. The number of urea groups is 1. The maximum Gasteiger partial charge on any atom is 0.405 e. The molecular formula is C10H18F3N3O.